The van der Waals surface area contributed by atoms with Crippen molar-refractivity contribution in [1.29, 1.82) is 0 Å². The first-order valence-corrected chi connectivity index (χ1v) is 8.06. The summed E-state index contributed by atoms with van der Waals surface area (Å²) in [7, 11) is 1.58. The maximum absolute atomic E-state index is 10.5. The van der Waals surface area contributed by atoms with E-state index in [1.165, 1.54) is 12.8 Å². The lowest BCUT2D eigenvalue weighted by molar-refractivity contribution is -0.305. The molecule has 0 bridgehead atoms. The lowest BCUT2D eigenvalue weighted by Gasteiger charge is -2.14. The summed E-state index contributed by atoms with van der Waals surface area (Å²) in [5.74, 6) is 0.237. The van der Waals surface area contributed by atoms with E-state index in [0.29, 0.717) is 24.5 Å². The number of carbonyl (C=O) groups excluding carboxylic acids is 1. The van der Waals surface area contributed by atoms with Crippen molar-refractivity contribution in [2.75, 3.05) is 13.7 Å². The molecule has 0 atom stereocenters. The van der Waals surface area contributed by atoms with Gasteiger partial charge in [0.15, 0.2) is 11.5 Å². The molecule has 0 aliphatic heterocycles. The van der Waals surface area contributed by atoms with E-state index < -0.39 is 5.97 Å². The highest BCUT2D eigenvalue weighted by molar-refractivity contribution is 9.10. The zero-order valence-electron chi connectivity index (χ0n) is 12.6. The van der Waals surface area contributed by atoms with Gasteiger partial charge >= 0.3 is 0 Å². The molecule has 0 fully saturated rings. The molecule has 0 saturated heterocycles. The summed E-state index contributed by atoms with van der Waals surface area (Å²) in [4.78, 5) is 10.5. The van der Waals surface area contributed by atoms with Gasteiger partial charge in [0.1, 0.15) is 0 Å². The van der Waals surface area contributed by atoms with E-state index >= 15 is 0 Å². The summed E-state index contributed by atoms with van der Waals surface area (Å²) < 4.78 is 11.9. The molecule has 0 spiro atoms. The Kier molecular flexibility index (Phi) is 8.20. The van der Waals surface area contributed by atoms with Crippen molar-refractivity contribution in [3.8, 4) is 11.5 Å². The highest BCUT2D eigenvalue weighted by Gasteiger charge is 2.11. The third-order valence-electron chi connectivity index (χ3n) is 3.15. The van der Waals surface area contributed by atoms with Gasteiger partial charge in [-0.05, 0) is 52.9 Å². The molecule has 0 radical (unpaired) electrons. The van der Waals surface area contributed by atoms with Gasteiger partial charge in [0, 0.05) is 5.97 Å². The van der Waals surface area contributed by atoms with Crippen molar-refractivity contribution in [2.45, 2.75) is 45.4 Å². The number of aryl methyl sites for hydroxylation is 1. The minimum atomic E-state index is -1.05. The summed E-state index contributed by atoms with van der Waals surface area (Å²) in [5.41, 5.74) is 0.876. The molecule has 5 heteroatoms. The van der Waals surface area contributed by atoms with Crippen molar-refractivity contribution in [1.82, 2.24) is 0 Å². The number of carbonyl (C=O) groups is 1. The van der Waals surface area contributed by atoms with Gasteiger partial charge in [0.05, 0.1) is 18.2 Å². The van der Waals surface area contributed by atoms with Crippen molar-refractivity contribution < 1.29 is 19.4 Å². The molecule has 0 aromatic heterocycles. The molecule has 0 amide bonds. The number of carboxylic acid groups (broad SMARTS) is 1. The summed E-state index contributed by atoms with van der Waals surface area (Å²) in [5, 5.41) is 10.5. The smallest absolute Gasteiger partial charge is 0.175 e. The number of aliphatic carboxylic acids is 1. The molecule has 0 heterocycles. The predicted molar refractivity (Wildman–Crippen MR) is 83.7 cm³/mol. The number of halogens is 1. The summed E-state index contributed by atoms with van der Waals surface area (Å²) >= 11 is 3.46. The summed E-state index contributed by atoms with van der Waals surface area (Å²) in [6.07, 6.45) is 4.97. The molecule has 0 aliphatic carbocycles. The second kappa shape index (κ2) is 9.66. The Morgan fingerprint density at radius 1 is 1.29 bits per heavy atom. The van der Waals surface area contributed by atoms with Crippen molar-refractivity contribution in [3.05, 3.63) is 22.2 Å². The SMILES string of the molecule is CCCCCCOc1c(Br)cc(CCC(=O)[O-])cc1OC. The number of unbranched alkanes of at least 4 members (excludes halogenated alkanes) is 3. The number of hydrogen-bond acceptors (Lipinski definition) is 4. The Labute approximate surface area is 134 Å². The molecule has 4 nitrogen and oxygen atoms in total. The van der Waals surface area contributed by atoms with Gasteiger partial charge in [-0.25, -0.2) is 0 Å². The second-order valence-electron chi connectivity index (χ2n) is 4.89. The van der Waals surface area contributed by atoms with Crippen LogP contribution >= 0.6 is 15.9 Å². The van der Waals surface area contributed by atoms with Crippen LogP contribution in [0.15, 0.2) is 16.6 Å². The largest absolute Gasteiger partial charge is 0.550 e. The fourth-order valence-electron chi connectivity index (χ4n) is 2.01. The predicted octanol–water partition coefficient (Wildman–Crippen LogP) is 3.10. The van der Waals surface area contributed by atoms with Crippen LogP contribution in [0, 0.1) is 0 Å². The Balaban J connectivity index is 2.68. The van der Waals surface area contributed by atoms with E-state index in [1.54, 1.807) is 7.11 Å². The van der Waals surface area contributed by atoms with Crippen LogP contribution in [0.4, 0.5) is 0 Å². The monoisotopic (exact) mass is 357 g/mol. The zero-order valence-corrected chi connectivity index (χ0v) is 14.2. The van der Waals surface area contributed by atoms with Crippen LogP contribution in [0.1, 0.15) is 44.6 Å². The van der Waals surface area contributed by atoms with Gasteiger partial charge in [0.2, 0.25) is 0 Å². The molecule has 0 aliphatic rings. The van der Waals surface area contributed by atoms with E-state index in [4.69, 9.17) is 9.47 Å². The number of methoxy groups -OCH3 is 1. The van der Waals surface area contributed by atoms with Crippen LogP contribution in [0.2, 0.25) is 0 Å². The van der Waals surface area contributed by atoms with Gasteiger partial charge in [-0.15, -0.1) is 0 Å². The lowest BCUT2D eigenvalue weighted by atomic mass is 10.1. The number of rotatable bonds is 10. The van der Waals surface area contributed by atoms with E-state index in [1.807, 2.05) is 12.1 Å². The number of carboxylic acids is 1. The third kappa shape index (κ3) is 6.38. The molecule has 0 saturated carbocycles. The van der Waals surface area contributed by atoms with Gasteiger partial charge in [-0.3, -0.25) is 0 Å². The average molecular weight is 358 g/mol. The summed E-state index contributed by atoms with van der Waals surface area (Å²) in [6.45, 7) is 2.82. The fourth-order valence-corrected chi connectivity index (χ4v) is 2.61. The van der Waals surface area contributed by atoms with E-state index in [0.717, 1.165) is 22.9 Å². The van der Waals surface area contributed by atoms with Gasteiger partial charge in [0.25, 0.3) is 0 Å². The minimum Gasteiger partial charge on any atom is -0.550 e. The highest BCUT2D eigenvalue weighted by Crippen LogP contribution is 2.37. The Bertz CT molecular complexity index is 460. The maximum atomic E-state index is 10.5. The molecule has 21 heavy (non-hydrogen) atoms. The zero-order chi connectivity index (χ0) is 15.7. The molecular formula is C16H22BrO4-. The maximum Gasteiger partial charge on any atom is 0.175 e. The van der Waals surface area contributed by atoms with Gasteiger partial charge < -0.3 is 19.4 Å². The van der Waals surface area contributed by atoms with Crippen LogP contribution in [-0.4, -0.2) is 19.7 Å². The Morgan fingerprint density at radius 2 is 2.05 bits per heavy atom. The minimum absolute atomic E-state index is 0.00713. The van der Waals surface area contributed by atoms with Crippen LogP contribution in [0.25, 0.3) is 0 Å². The molecule has 1 aromatic carbocycles. The van der Waals surface area contributed by atoms with Crippen LogP contribution in [0.5, 0.6) is 11.5 Å². The standard InChI is InChI=1S/C16H23BrO4/c1-3-4-5-6-9-21-16-13(17)10-12(7-8-15(18)19)11-14(16)20-2/h10-11H,3-9H2,1-2H3,(H,18,19)/p-1. The number of benzene rings is 1. The van der Waals surface area contributed by atoms with E-state index in [-0.39, 0.29) is 6.42 Å². The van der Waals surface area contributed by atoms with Crippen molar-refractivity contribution in [3.63, 3.8) is 0 Å². The van der Waals surface area contributed by atoms with Crippen LogP contribution < -0.4 is 14.6 Å². The first-order chi connectivity index (χ1) is 10.1. The molecule has 0 N–H and O–H groups in total. The molecule has 1 aromatic rings. The first kappa shape index (κ1) is 17.8. The van der Waals surface area contributed by atoms with Crippen LogP contribution in [0.3, 0.4) is 0 Å². The lowest BCUT2D eigenvalue weighted by Crippen LogP contribution is -2.22. The number of hydrogen-bond donors (Lipinski definition) is 0. The summed E-state index contributed by atoms with van der Waals surface area (Å²) in [6, 6.07) is 3.68. The Hall–Kier alpha value is -1.23. The normalized spacial score (nSPS) is 10.4. The van der Waals surface area contributed by atoms with Gasteiger partial charge in [-0.1, -0.05) is 26.2 Å². The fraction of sp³-hybridized carbons (Fsp3) is 0.562. The highest BCUT2D eigenvalue weighted by atomic mass is 79.9. The molecule has 1 rings (SSSR count). The second-order valence-corrected chi connectivity index (χ2v) is 5.74. The quantitative estimate of drug-likeness (QED) is 0.603. The van der Waals surface area contributed by atoms with E-state index in [2.05, 4.69) is 22.9 Å². The topological polar surface area (TPSA) is 58.6 Å². The number of ether oxygens (including phenoxy) is 2. The van der Waals surface area contributed by atoms with Crippen LogP contribution in [-0.2, 0) is 11.2 Å². The Morgan fingerprint density at radius 3 is 2.67 bits per heavy atom. The third-order valence-corrected chi connectivity index (χ3v) is 3.74. The molecule has 118 valence electrons. The average Bonchev–Trinajstić information content (AvgIpc) is 2.46. The van der Waals surface area contributed by atoms with Crippen molar-refractivity contribution in [2.24, 2.45) is 0 Å². The van der Waals surface area contributed by atoms with E-state index in [9.17, 15) is 9.90 Å². The van der Waals surface area contributed by atoms with Gasteiger partial charge in [-0.2, -0.15) is 0 Å². The first-order valence-electron chi connectivity index (χ1n) is 7.27. The molecular weight excluding hydrogens is 336 g/mol. The molecule has 0 unspecified atom stereocenters. The van der Waals surface area contributed by atoms with Crippen molar-refractivity contribution >= 4 is 21.9 Å².